The standard InChI is InChI=1S/C25H23Cl2N3O4/c1-3-17-7-4-5-10-21(17)29-24(31)25(32)30-28-14-16-11-12-22(23(13-16)33-2)34-15-18-19(26)8-6-9-20(18)27/h4-14H,3,15H2,1-2H3,(H,29,31)(H,30,32)/b28-14+. The van der Waals surface area contributed by atoms with Crippen LogP contribution in [0.15, 0.2) is 65.8 Å². The second-order valence-corrected chi connectivity index (χ2v) is 7.88. The summed E-state index contributed by atoms with van der Waals surface area (Å²) in [7, 11) is 1.51. The normalized spacial score (nSPS) is 10.7. The molecule has 0 heterocycles. The third-order valence-corrected chi connectivity index (χ3v) is 5.56. The number of methoxy groups -OCH3 is 1. The van der Waals surface area contributed by atoms with Crippen LogP contribution in [-0.4, -0.2) is 25.1 Å². The quantitative estimate of drug-likeness (QED) is 0.252. The number of benzene rings is 3. The van der Waals surface area contributed by atoms with Gasteiger partial charge < -0.3 is 14.8 Å². The molecular formula is C25H23Cl2N3O4. The Kier molecular flexibility index (Phi) is 8.90. The number of nitrogens with one attached hydrogen (secondary N) is 2. The zero-order valence-corrected chi connectivity index (χ0v) is 20.1. The summed E-state index contributed by atoms with van der Waals surface area (Å²) >= 11 is 12.4. The molecule has 0 aliphatic heterocycles. The first kappa shape index (κ1) is 25.1. The van der Waals surface area contributed by atoms with E-state index in [0.29, 0.717) is 38.4 Å². The number of hydrogen-bond donors (Lipinski definition) is 2. The number of para-hydroxylation sites is 1. The zero-order chi connectivity index (χ0) is 24.5. The molecule has 2 N–H and O–H groups in total. The Morgan fingerprint density at radius 2 is 1.71 bits per heavy atom. The lowest BCUT2D eigenvalue weighted by molar-refractivity contribution is -0.136. The minimum Gasteiger partial charge on any atom is -0.493 e. The van der Waals surface area contributed by atoms with Gasteiger partial charge in [-0.15, -0.1) is 0 Å². The van der Waals surface area contributed by atoms with Gasteiger partial charge in [0.25, 0.3) is 0 Å². The maximum atomic E-state index is 12.2. The Labute approximate surface area is 207 Å². The number of amides is 2. The van der Waals surface area contributed by atoms with Gasteiger partial charge in [-0.3, -0.25) is 9.59 Å². The lowest BCUT2D eigenvalue weighted by Crippen LogP contribution is -2.32. The van der Waals surface area contributed by atoms with Gasteiger partial charge in [0.2, 0.25) is 0 Å². The molecule has 0 aromatic heterocycles. The largest absolute Gasteiger partial charge is 0.493 e. The lowest BCUT2D eigenvalue weighted by Gasteiger charge is -2.13. The van der Waals surface area contributed by atoms with Crippen LogP contribution in [0.1, 0.15) is 23.6 Å². The number of ether oxygens (including phenoxy) is 2. The van der Waals surface area contributed by atoms with E-state index in [1.165, 1.54) is 13.3 Å². The predicted molar refractivity (Wildman–Crippen MR) is 134 cm³/mol. The van der Waals surface area contributed by atoms with Crippen molar-refractivity contribution in [3.05, 3.63) is 87.4 Å². The van der Waals surface area contributed by atoms with E-state index in [2.05, 4.69) is 15.8 Å². The van der Waals surface area contributed by atoms with E-state index in [1.807, 2.05) is 19.1 Å². The van der Waals surface area contributed by atoms with E-state index in [4.69, 9.17) is 32.7 Å². The van der Waals surface area contributed by atoms with E-state index >= 15 is 0 Å². The lowest BCUT2D eigenvalue weighted by atomic mass is 10.1. The third kappa shape index (κ3) is 6.50. The number of carbonyl (C=O) groups is 2. The average Bonchev–Trinajstić information content (AvgIpc) is 2.84. The maximum absolute atomic E-state index is 12.2. The molecule has 0 saturated heterocycles. The van der Waals surface area contributed by atoms with Crippen molar-refractivity contribution in [3.8, 4) is 11.5 Å². The third-order valence-electron chi connectivity index (χ3n) is 4.85. The van der Waals surface area contributed by atoms with Gasteiger partial charge in [-0.2, -0.15) is 5.10 Å². The molecule has 0 bridgehead atoms. The van der Waals surface area contributed by atoms with Crippen molar-refractivity contribution in [1.29, 1.82) is 0 Å². The molecule has 0 atom stereocenters. The smallest absolute Gasteiger partial charge is 0.329 e. The highest BCUT2D eigenvalue weighted by molar-refractivity contribution is 6.39. The molecule has 3 rings (SSSR count). The van der Waals surface area contributed by atoms with Gasteiger partial charge >= 0.3 is 11.8 Å². The Hall–Kier alpha value is -3.55. The summed E-state index contributed by atoms with van der Waals surface area (Å²) in [5.41, 5.74) is 5.03. The van der Waals surface area contributed by atoms with Gasteiger partial charge in [0.05, 0.1) is 13.3 Å². The van der Waals surface area contributed by atoms with Gasteiger partial charge in [-0.05, 0) is 53.9 Å². The van der Waals surface area contributed by atoms with Crippen LogP contribution >= 0.6 is 23.2 Å². The van der Waals surface area contributed by atoms with E-state index in [0.717, 1.165) is 12.0 Å². The number of rotatable bonds is 8. The Balaban J connectivity index is 1.60. The van der Waals surface area contributed by atoms with Crippen LogP contribution in [0.2, 0.25) is 10.0 Å². The first-order valence-electron chi connectivity index (χ1n) is 10.4. The monoisotopic (exact) mass is 499 g/mol. The number of anilines is 1. The second kappa shape index (κ2) is 12.1. The molecule has 0 saturated carbocycles. The molecule has 0 spiro atoms. The number of hydrazone groups is 1. The van der Waals surface area contributed by atoms with Crippen molar-refractivity contribution in [1.82, 2.24) is 5.43 Å². The van der Waals surface area contributed by atoms with Crippen LogP contribution in [0.4, 0.5) is 5.69 Å². The molecule has 0 unspecified atom stereocenters. The molecule has 0 aliphatic carbocycles. The molecule has 0 fully saturated rings. The van der Waals surface area contributed by atoms with Crippen LogP contribution < -0.4 is 20.2 Å². The molecule has 176 valence electrons. The van der Waals surface area contributed by atoms with Gasteiger partial charge in [-0.25, -0.2) is 5.43 Å². The molecule has 0 aliphatic rings. The van der Waals surface area contributed by atoms with E-state index in [1.54, 1.807) is 48.5 Å². The summed E-state index contributed by atoms with van der Waals surface area (Å²) in [4.78, 5) is 24.2. The number of halogens is 2. The summed E-state index contributed by atoms with van der Waals surface area (Å²) in [6.07, 6.45) is 2.12. The predicted octanol–water partition coefficient (Wildman–Crippen LogP) is 5.23. The Morgan fingerprint density at radius 3 is 2.41 bits per heavy atom. The van der Waals surface area contributed by atoms with E-state index in [9.17, 15) is 9.59 Å². The van der Waals surface area contributed by atoms with Crippen molar-refractivity contribution >= 4 is 46.9 Å². The SMILES string of the molecule is CCc1ccccc1NC(=O)C(=O)N/N=C/c1ccc(OCc2c(Cl)cccc2Cl)c(OC)c1. The minimum atomic E-state index is -0.884. The molecule has 9 heteroatoms. The van der Waals surface area contributed by atoms with E-state index in [-0.39, 0.29) is 6.61 Å². The molecule has 2 amide bonds. The van der Waals surface area contributed by atoms with Crippen LogP contribution in [0, 0.1) is 0 Å². The fraction of sp³-hybridized carbons (Fsp3) is 0.160. The summed E-state index contributed by atoms with van der Waals surface area (Å²) in [5, 5.41) is 7.46. The maximum Gasteiger partial charge on any atom is 0.329 e. The highest BCUT2D eigenvalue weighted by atomic mass is 35.5. The Morgan fingerprint density at radius 1 is 0.971 bits per heavy atom. The second-order valence-electron chi connectivity index (χ2n) is 7.06. The van der Waals surface area contributed by atoms with Crippen LogP contribution in [-0.2, 0) is 22.6 Å². The molecule has 3 aromatic rings. The highest BCUT2D eigenvalue weighted by Crippen LogP contribution is 2.31. The molecular weight excluding hydrogens is 477 g/mol. The van der Waals surface area contributed by atoms with E-state index < -0.39 is 11.8 Å². The molecule has 34 heavy (non-hydrogen) atoms. The summed E-state index contributed by atoms with van der Waals surface area (Å²) in [6, 6.07) is 17.6. The average molecular weight is 500 g/mol. The number of hydrogen-bond acceptors (Lipinski definition) is 5. The minimum absolute atomic E-state index is 0.161. The van der Waals surface area contributed by atoms with Crippen molar-refractivity contribution in [2.24, 2.45) is 5.10 Å². The highest BCUT2D eigenvalue weighted by Gasteiger charge is 2.14. The number of aryl methyl sites for hydroxylation is 1. The van der Waals surface area contributed by atoms with Crippen molar-refractivity contribution in [2.45, 2.75) is 20.0 Å². The zero-order valence-electron chi connectivity index (χ0n) is 18.6. The first-order chi connectivity index (χ1) is 16.4. The summed E-state index contributed by atoms with van der Waals surface area (Å²) in [6.45, 7) is 2.13. The topological polar surface area (TPSA) is 89.0 Å². The first-order valence-corrected chi connectivity index (χ1v) is 11.1. The van der Waals surface area contributed by atoms with Gasteiger partial charge in [0, 0.05) is 21.3 Å². The molecule has 3 aromatic carbocycles. The Bertz CT molecular complexity index is 1190. The van der Waals surface area contributed by atoms with Gasteiger partial charge in [0.15, 0.2) is 11.5 Å². The van der Waals surface area contributed by atoms with Crippen molar-refractivity contribution in [3.63, 3.8) is 0 Å². The summed E-state index contributed by atoms with van der Waals surface area (Å²) in [5.74, 6) is -0.760. The fourth-order valence-corrected chi connectivity index (χ4v) is 3.56. The number of nitrogens with zero attached hydrogens (tertiary/aromatic N) is 1. The number of carbonyl (C=O) groups excluding carboxylic acids is 2. The van der Waals surface area contributed by atoms with Gasteiger partial charge in [0.1, 0.15) is 6.61 Å². The van der Waals surface area contributed by atoms with Crippen LogP contribution in [0.3, 0.4) is 0 Å². The van der Waals surface area contributed by atoms with Crippen LogP contribution in [0.25, 0.3) is 0 Å². The summed E-state index contributed by atoms with van der Waals surface area (Å²) < 4.78 is 11.2. The fourth-order valence-electron chi connectivity index (χ4n) is 3.05. The van der Waals surface area contributed by atoms with Gasteiger partial charge in [-0.1, -0.05) is 54.4 Å². The van der Waals surface area contributed by atoms with Crippen LogP contribution in [0.5, 0.6) is 11.5 Å². The molecule has 0 radical (unpaired) electrons. The van der Waals surface area contributed by atoms with Crippen molar-refractivity contribution < 1.29 is 19.1 Å². The van der Waals surface area contributed by atoms with Crippen molar-refractivity contribution in [2.75, 3.05) is 12.4 Å². The molecule has 7 nitrogen and oxygen atoms in total.